The maximum atomic E-state index is 13.5. The minimum atomic E-state index is -0.862. The van der Waals surface area contributed by atoms with Crippen molar-refractivity contribution < 1.29 is 14.1 Å². The molecule has 1 aromatic rings. The molecule has 0 bridgehead atoms. The maximum Gasteiger partial charge on any atom is 0.272 e. The van der Waals surface area contributed by atoms with Gasteiger partial charge in [-0.3, -0.25) is 14.9 Å². The molecule has 0 aromatic heterocycles. The third kappa shape index (κ3) is 4.29. The van der Waals surface area contributed by atoms with E-state index >= 15 is 0 Å². The Balaban J connectivity index is 2.77. The summed E-state index contributed by atoms with van der Waals surface area (Å²) in [4.78, 5) is 21.4. The van der Waals surface area contributed by atoms with E-state index in [1.807, 2.05) is 13.8 Å². The molecule has 3 N–H and O–H groups in total. The van der Waals surface area contributed by atoms with E-state index in [4.69, 9.17) is 5.73 Å². The third-order valence-electron chi connectivity index (χ3n) is 2.48. The first-order valence-electron chi connectivity index (χ1n) is 5.81. The number of nitro benzene ring substituents is 1. The van der Waals surface area contributed by atoms with Gasteiger partial charge in [-0.25, -0.2) is 4.39 Å². The highest BCUT2D eigenvalue weighted by Crippen LogP contribution is 2.20. The van der Waals surface area contributed by atoms with Gasteiger partial charge in [-0.2, -0.15) is 0 Å². The number of halogens is 1. The highest BCUT2D eigenvalue weighted by Gasteiger charge is 2.18. The number of amides is 1. The van der Waals surface area contributed by atoms with E-state index in [2.05, 4.69) is 5.32 Å². The zero-order chi connectivity index (χ0) is 14.6. The van der Waals surface area contributed by atoms with E-state index in [9.17, 15) is 19.3 Å². The van der Waals surface area contributed by atoms with Crippen LogP contribution >= 0.6 is 0 Å². The van der Waals surface area contributed by atoms with Gasteiger partial charge in [-0.05, 0) is 18.4 Å². The lowest BCUT2D eigenvalue weighted by molar-refractivity contribution is -0.385. The Labute approximate surface area is 109 Å². The molecule has 0 saturated carbocycles. The van der Waals surface area contributed by atoms with Gasteiger partial charge in [0, 0.05) is 6.07 Å². The number of rotatable bonds is 5. The second-order valence-corrected chi connectivity index (χ2v) is 4.65. The molecule has 0 aliphatic rings. The van der Waals surface area contributed by atoms with Crippen molar-refractivity contribution in [2.45, 2.75) is 26.3 Å². The van der Waals surface area contributed by atoms with Gasteiger partial charge in [-0.15, -0.1) is 0 Å². The Morgan fingerprint density at radius 2 is 2.16 bits per heavy atom. The predicted molar refractivity (Wildman–Crippen MR) is 69.1 cm³/mol. The highest BCUT2D eigenvalue weighted by molar-refractivity contribution is 5.94. The van der Waals surface area contributed by atoms with Gasteiger partial charge in [0.1, 0.15) is 0 Å². The molecule has 7 heteroatoms. The van der Waals surface area contributed by atoms with Crippen molar-refractivity contribution in [2.75, 3.05) is 5.32 Å². The summed E-state index contributed by atoms with van der Waals surface area (Å²) in [6, 6.07) is 2.28. The fourth-order valence-electron chi connectivity index (χ4n) is 1.56. The van der Waals surface area contributed by atoms with Crippen molar-refractivity contribution in [3.63, 3.8) is 0 Å². The van der Waals surface area contributed by atoms with Crippen LogP contribution in [0.2, 0.25) is 0 Å². The fourth-order valence-corrected chi connectivity index (χ4v) is 1.56. The number of hydrogen-bond acceptors (Lipinski definition) is 4. The molecule has 1 amide bonds. The van der Waals surface area contributed by atoms with Crippen molar-refractivity contribution in [1.29, 1.82) is 0 Å². The molecule has 0 fully saturated rings. The van der Waals surface area contributed by atoms with Crippen molar-refractivity contribution in [3.8, 4) is 0 Å². The molecule has 104 valence electrons. The molecule has 0 unspecified atom stereocenters. The average molecular weight is 269 g/mol. The minimum absolute atomic E-state index is 0.116. The van der Waals surface area contributed by atoms with E-state index in [-0.39, 0.29) is 17.3 Å². The Morgan fingerprint density at radius 3 is 2.63 bits per heavy atom. The zero-order valence-corrected chi connectivity index (χ0v) is 10.7. The monoisotopic (exact) mass is 269 g/mol. The summed E-state index contributed by atoms with van der Waals surface area (Å²) in [7, 11) is 0. The molecule has 0 spiro atoms. The summed E-state index contributed by atoms with van der Waals surface area (Å²) in [5.41, 5.74) is 5.16. The molecule has 19 heavy (non-hydrogen) atoms. The van der Waals surface area contributed by atoms with Crippen molar-refractivity contribution >= 4 is 17.3 Å². The number of benzene rings is 1. The van der Waals surface area contributed by atoms with Crippen LogP contribution in [0.25, 0.3) is 0 Å². The first-order chi connectivity index (χ1) is 8.81. The van der Waals surface area contributed by atoms with Crippen LogP contribution in [0.3, 0.4) is 0 Å². The summed E-state index contributed by atoms with van der Waals surface area (Å²) >= 11 is 0. The van der Waals surface area contributed by atoms with Crippen LogP contribution in [0.15, 0.2) is 18.2 Å². The number of anilines is 1. The number of nitro groups is 1. The van der Waals surface area contributed by atoms with E-state index in [0.717, 1.165) is 18.2 Å². The number of nitrogens with zero attached hydrogens (tertiary/aromatic N) is 1. The number of carbonyl (C=O) groups is 1. The normalized spacial score (nSPS) is 12.3. The van der Waals surface area contributed by atoms with E-state index in [0.29, 0.717) is 6.42 Å². The molecule has 0 radical (unpaired) electrons. The van der Waals surface area contributed by atoms with Crippen molar-refractivity contribution in [3.05, 3.63) is 34.1 Å². The Morgan fingerprint density at radius 1 is 1.53 bits per heavy atom. The lowest BCUT2D eigenvalue weighted by Gasteiger charge is -2.14. The third-order valence-corrected chi connectivity index (χ3v) is 2.48. The van der Waals surface area contributed by atoms with Crippen LogP contribution < -0.4 is 11.1 Å². The largest absolute Gasteiger partial charge is 0.322 e. The number of non-ortho nitro benzene ring substituents is 1. The first-order valence-corrected chi connectivity index (χ1v) is 5.81. The van der Waals surface area contributed by atoms with Crippen LogP contribution in [0, 0.1) is 21.8 Å². The Kier molecular flexibility index (Phi) is 4.94. The summed E-state index contributed by atoms with van der Waals surface area (Å²) in [6.45, 7) is 3.83. The van der Waals surface area contributed by atoms with Crippen LogP contribution in [-0.4, -0.2) is 16.9 Å². The Bertz CT molecular complexity index is 491. The molecule has 1 atom stereocenters. The summed E-state index contributed by atoms with van der Waals surface area (Å²) < 4.78 is 13.5. The van der Waals surface area contributed by atoms with Crippen molar-refractivity contribution in [1.82, 2.24) is 0 Å². The quantitative estimate of drug-likeness (QED) is 0.631. The molecule has 0 aliphatic heterocycles. The second-order valence-electron chi connectivity index (χ2n) is 4.65. The molecule has 1 rings (SSSR count). The van der Waals surface area contributed by atoms with Crippen LogP contribution in [0.5, 0.6) is 0 Å². The van der Waals surface area contributed by atoms with Gasteiger partial charge in [0.2, 0.25) is 5.91 Å². The summed E-state index contributed by atoms with van der Waals surface area (Å²) in [6.07, 6.45) is 0.473. The Hall–Kier alpha value is -2.02. The molecule has 0 saturated heterocycles. The SMILES string of the molecule is CC(C)C[C@@H](N)C(=O)Nc1ccc([N+](=O)[O-])cc1F. The predicted octanol–water partition coefficient (Wildman–Crippen LogP) is 2.05. The van der Waals surface area contributed by atoms with E-state index < -0.39 is 22.7 Å². The molecule has 0 heterocycles. The smallest absolute Gasteiger partial charge is 0.272 e. The summed E-state index contributed by atoms with van der Waals surface area (Å²) in [5.74, 6) is -1.14. The number of hydrogen-bond donors (Lipinski definition) is 2. The van der Waals surface area contributed by atoms with Gasteiger partial charge in [0.25, 0.3) is 5.69 Å². The molecule has 0 aliphatic carbocycles. The molecular weight excluding hydrogens is 253 g/mol. The van der Waals surface area contributed by atoms with E-state index in [1.165, 1.54) is 0 Å². The fraction of sp³-hybridized carbons (Fsp3) is 0.417. The molecule has 1 aromatic carbocycles. The first kappa shape index (κ1) is 15.0. The standard InChI is InChI=1S/C12H16FN3O3/c1-7(2)5-10(14)12(17)15-11-4-3-8(16(18)19)6-9(11)13/h3-4,6-7,10H,5,14H2,1-2H3,(H,15,17)/t10-/m1/s1. The summed E-state index contributed by atoms with van der Waals surface area (Å²) in [5, 5.41) is 12.8. The van der Waals surface area contributed by atoms with Gasteiger partial charge >= 0.3 is 0 Å². The van der Waals surface area contributed by atoms with Crippen LogP contribution in [-0.2, 0) is 4.79 Å². The maximum absolute atomic E-state index is 13.5. The number of nitrogens with one attached hydrogen (secondary N) is 1. The molecular formula is C12H16FN3O3. The lowest BCUT2D eigenvalue weighted by Crippen LogP contribution is -2.36. The van der Waals surface area contributed by atoms with Crippen LogP contribution in [0.4, 0.5) is 15.8 Å². The van der Waals surface area contributed by atoms with Crippen LogP contribution in [0.1, 0.15) is 20.3 Å². The van der Waals surface area contributed by atoms with Gasteiger partial charge < -0.3 is 11.1 Å². The highest BCUT2D eigenvalue weighted by atomic mass is 19.1. The number of carbonyl (C=O) groups excluding carboxylic acids is 1. The van der Waals surface area contributed by atoms with Gasteiger partial charge in [-0.1, -0.05) is 13.8 Å². The van der Waals surface area contributed by atoms with Gasteiger partial charge in [0.15, 0.2) is 5.82 Å². The van der Waals surface area contributed by atoms with E-state index in [1.54, 1.807) is 0 Å². The average Bonchev–Trinajstić information content (AvgIpc) is 2.30. The topological polar surface area (TPSA) is 98.3 Å². The zero-order valence-electron chi connectivity index (χ0n) is 10.7. The molecule has 6 nitrogen and oxygen atoms in total. The van der Waals surface area contributed by atoms with Gasteiger partial charge in [0.05, 0.1) is 22.7 Å². The number of nitrogens with two attached hydrogens (primary N) is 1. The van der Waals surface area contributed by atoms with Crippen molar-refractivity contribution in [2.24, 2.45) is 11.7 Å². The lowest BCUT2D eigenvalue weighted by atomic mass is 10.0. The second kappa shape index (κ2) is 6.24. The minimum Gasteiger partial charge on any atom is -0.322 e.